The molecule has 0 aromatic heterocycles. The summed E-state index contributed by atoms with van der Waals surface area (Å²) in [6.45, 7) is 2.97. The van der Waals surface area contributed by atoms with Gasteiger partial charge in [-0.1, -0.05) is 13.0 Å². The minimum absolute atomic E-state index is 0.138. The van der Waals surface area contributed by atoms with Gasteiger partial charge in [0.15, 0.2) is 0 Å². The van der Waals surface area contributed by atoms with Crippen LogP contribution in [0, 0.1) is 0 Å². The topological polar surface area (TPSA) is 38.3 Å². The normalized spacial score (nSPS) is 16.2. The number of ether oxygens (including phenoxy) is 1. The number of likely N-dealkylation sites (N-methyl/N-ethyl adjacent to an activating group) is 1. The van der Waals surface area contributed by atoms with Crippen molar-refractivity contribution < 1.29 is 13.6 Å². The van der Waals surface area contributed by atoms with Gasteiger partial charge in [-0.15, -0.1) is 6.58 Å². The Morgan fingerprint density at radius 1 is 1.79 bits per heavy atom. The lowest BCUT2D eigenvalue weighted by molar-refractivity contribution is -0.148. The first kappa shape index (κ1) is 8.48. The largest absolute Gasteiger partial charge is 0.461 e. The number of hydrogen-bond acceptors (Lipinski definition) is 3. The van der Waals surface area contributed by atoms with Crippen molar-refractivity contribution >= 4 is 5.97 Å². The molecule has 0 saturated heterocycles. The lowest BCUT2D eigenvalue weighted by Gasteiger charge is -2.15. The Hall–Kier alpha value is -0.830. The van der Waals surface area contributed by atoms with Crippen molar-refractivity contribution in [2.24, 2.45) is 0 Å². The van der Waals surface area contributed by atoms with E-state index in [0.29, 0.717) is 0 Å². The van der Waals surface area contributed by atoms with Crippen molar-refractivity contribution in [3.8, 4) is 0 Å². The molecule has 0 radical (unpaired) electrons. The molecule has 3 nitrogen and oxygen atoms in total. The Balaban J connectivity index is 3.85. The third kappa shape index (κ3) is 6.66. The molecule has 0 bridgehead atoms. The van der Waals surface area contributed by atoms with Gasteiger partial charge in [0.25, 0.3) is 0 Å². The van der Waals surface area contributed by atoms with Gasteiger partial charge >= 0.3 is 5.97 Å². The standard InChI is InChI=1S/C11H21NO2/c1-4-6-7-8-10(5-2)14-11(13)9-12-3/h4,10,12H,1,5-9H2,2-3H3/i3D3. The van der Waals surface area contributed by atoms with E-state index in [1.807, 2.05) is 13.0 Å². The maximum atomic E-state index is 11.3. The zero-order chi connectivity index (χ0) is 13.3. The average molecular weight is 202 g/mol. The summed E-state index contributed by atoms with van der Waals surface area (Å²) in [5.74, 6) is -0.522. The van der Waals surface area contributed by atoms with Gasteiger partial charge in [0.2, 0.25) is 0 Å². The van der Waals surface area contributed by atoms with Crippen LogP contribution in [0.3, 0.4) is 0 Å². The molecule has 0 heterocycles. The summed E-state index contributed by atoms with van der Waals surface area (Å²) in [5, 5.41) is 2.13. The van der Waals surface area contributed by atoms with E-state index in [0.717, 1.165) is 25.7 Å². The summed E-state index contributed by atoms with van der Waals surface area (Å²) < 4.78 is 25.8. The molecule has 0 saturated carbocycles. The fraction of sp³-hybridized carbons (Fsp3) is 0.727. The summed E-state index contributed by atoms with van der Waals surface area (Å²) in [5.41, 5.74) is 0. The van der Waals surface area contributed by atoms with E-state index < -0.39 is 12.9 Å². The van der Waals surface area contributed by atoms with Crippen LogP contribution in [0.2, 0.25) is 0 Å². The van der Waals surface area contributed by atoms with Crippen LogP contribution in [0.25, 0.3) is 0 Å². The molecular formula is C11H21NO2. The Morgan fingerprint density at radius 3 is 3.14 bits per heavy atom. The molecule has 0 aliphatic carbocycles. The van der Waals surface area contributed by atoms with Crippen LogP contribution in [0.15, 0.2) is 12.7 Å². The number of carbonyl (C=O) groups is 1. The maximum Gasteiger partial charge on any atom is 0.320 e. The van der Waals surface area contributed by atoms with Gasteiger partial charge in [-0.05, 0) is 32.7 Å². The molecule has 82 valence electrons. The first-order chi connectivity index (χ1) is 7.89. The monoisotopic (exact) mass is 202 g/mol. The fourth-order valence-corrected chi connectivity index (χ4v) is 1.14. The van der Waals surface area contributed by atoms with Gasteiger partial charge in [0.05, 0.1) is 6.54 Å². The smallest absolute Gasteiger partial charge is 0.320 e. The first-order valence-electron chi connectivity index (χ1n) is 6.44. The van der Waals surface area contributed by atoms with E-state index in [-0.39, 0.29) is 12.6 Å². The molecule has 3 heteroatoms. The molecule has 0 aliphatic heterocycles. The summed E-state index contributed by atoms with van der Waals surface area (Å²) in [6, 6.07) is 0. The van der Waals surface area contributed by atoms with E-state index in [1.165, 1.54) is 0 Å². The molecule has 0 spiro atoms. The third-order valence-electron chi connectivity index (χ3n) is 1.92. The minimum Gasteiger partial charge on any atom is -0.461 e. The Morgan fingerprint density at radius 2 is 2.57 bits per heavy atom. The van der Waals surface area contributed by atoms with E-state index in [1.54, 1.807) is 0 Å². The Kier molecular flexibility index (Phi) is 5.30. The average Bonchev–Trinajstić information content (AvgIpc) is 2.24. The van der Waals surface area contributed by atoms with Crippen molar-refractivity contribution in [2.75, 3.05) is 13.5 Å². The number of rotatable bonds is 8. The summed E-state index contributed by atoms with van der Waals surface area (Å²) in [4.78, 5) is 11.3. The van der Waals surface area contributed by atoms with Crippen molar-refractivity contribution in [3.05, 3.63) is 12.7 Å². The van der Waals surface area contributed by atoms with Crippen LogP contribution in [-0.4, -0.2) is 25.6 Å². The van der Waals surface area contributed by atoms with Crippen LogP contribution < -0.4 is 5.32 Å². The second-order valence-electron chi connectivity index (χ2n) is 3.09. The molecule has 14 heavy (non-hydrogen) atoms. The van der Waals surface area contributed by atoms with E-state index in [2.05, 4.69) is 11.9 Å². The molecule has 0 fully saturated rings. The van der Waals surface area contributed by atoms with Gasteiger partial charge in [-0.25, -0.2) is 0 Å². The lowest BCUT2D eigenvalue weighted by atomic mass is 10.1. The van der Waals surface area contributed by atoms with E-state index >= 15 is 0 Å². The Labute approximate surface area is 90.7 Å². The third-order valence-corrected chi connectivity index (χ3v) is 1.92. The fourth-order valence-electron chi connectivity index (χ4n) is 1.14. The van der Waals surface area contributed by atoms with Gasteiger partial charge < -0.3 is 10.1 Å². The zero-order valence-electron chi connectivity index (χ0n) is 11.7. The molecule has 1 atom stereocenters. The number of carbonyl (C=O) groups excluding carboxylic acids is 1. The van der Waals surface area contributed by atoms with Gasteiger partial charge in [-0.2, -0.15) is 0 Å². The summed E-state index contributed by atoms with van der Waals surface area (Å²) in [6.07, 6.45) is 5.01. The minimum atomic E-state index is -2.30. The van der Waals surface area contributed by atoms with Crippen LogP contribution >= 0.6 is 0 Å². The molecular weight excluding hydrogens is 178 g/mol. The lowest BCUT2D eigenvalue weighted by Crippen LogP contribution is -2.25. The van der Waals surface area contributed by atoms with Crippen molar-refractivity contribution in [2.45, 2.75) is 38.7 Å². The van der Waals surface area contributed by atoms with Crippen molar-refractivity contribution in [1.82, 2.24) is 5.32 Å². The molecule has 0 aliphatic rings. The van der Waals surface area contributed by atoms with Crippen LogP contribution in [-0.2, 0) is 9.53 Å². The molecule has 0 aromatic rings. The van der Waals surface area contributed by atoms with Gasteiger partial charge in [0, 0.05) is 4.11 Å². The zero-order valence-corrected chi connectivity index (χ0v) is 8.71. The molecule has 1 N–H and O–H groups in total. The number of esters is 1. The summed E-state index contributed by atoms with van der Waals surface area (Å²) in [7, 11) is 0. The number of allylic oxidation sites excluding steroid dienone is 1. The number of hydrogen-bond donors (Lipinski definition) is 1. The van der Waals surface area contributed by atoms with E-state index in [9.17, 15) is 4.79 Å². The molecule has 0 amide bonds. The second kappa shape index (κ2) is 8.75. The maximum absolute atomic E-state index is 11.3. The highest BCUT2D eigenvalue weighted by Crippen LogP contribution is 2.08. The predicted octanol–water partition coefficient (Wildman–Crippen LogP) is 1.88. The van der Waals surface area contributed by atoms with Crippen LogP contribution in [0.5, 0.6) is 0 Å². The van der Waals surface area contributed by atoms with Crippen molar-refractivity contribution in [1.29, 1.82) is 0 Å². The molecule has 1 unspecified atom stereocenters. The predicted molar refractivity (Wildman–Crippen MR) is 58.1 cm³/mol. The quantitative estimate of drug-likeness (QED) is 0.371. The first-order valence-corrected chi connectivity index (χ1v) is 4.94. The highest BCUT2D eigenvalue weighted by atomic mass is 16.5. The number of nitrogens with one attached hydrogen (secondary N) is 1. The Bertz CT molecular complexity index is 241. The highest BCUT2D eigenvalue weighted by molar-refractivity contribution is 5.71. The SMILES string of the molecule is [2H]C([2H])([2H])NCC(=O)OC(CC)CCCC=C. The van der Waals surface area contributed by atoms with E-state index in [4.69, 9.17) is 8.85 Å². The van der Waals surface area contributed by atoms with Crippen molar-refractivity contribution in [3.63, 3.8) is 0 Å². The molecule has 0 rings (SSSR count). The van der Waals surface area contributed by atoms with Crippen LogP contribution in [0.4, 0.5) is 0 Å². The number of unbranched alkanes of at least 4 members (excludes halogenated alkanes) is 1. The van der Waals surface area contributed by atoms with Gasteiger partial charge in [-0.3, -0.25) is 4.79 Å². The second-order valence-corrected chi connectivity index (χ2v) is 3.09. The van der Waals surface area contributed by atoms with Gasteiger partial charge in [0.1, 0.15) is 6.10 Å². The highest BCUT2D eigenvalue weighted by Gasteiger charge is 2.10. The summed E-state index contributed by atoms with van der Waals surface area (Å²) >= 11 is 0. The molecule has 0 aromatic carbocycles. The van der Waals surface area contributed by atoms with Crippen LogP contribution in [0.1, 0.15) is 36.7 Å².